The molecule has 9 heteroatoms. The maximum absolute atomic E-state index is 13.1. The van der Waals surface area contributed by atoms with E-state index < -0.39 is 17.7 Å². The third kappa shape index (κ3) is 9.83. The van der Waals surface area contributed by atoms with Crippen LogP contribution in [0.15, 0.2) is 30.5 Å². The number of nitrogens with zero attached hydrogens (tertiary/aromatic N) is 3. The molecule has 1 saturated carbocycles. The van der Waals surface area contributed by atoms with Crippen LogP contribution in [0.25, 0.3) is 10.9 Å². The lowest BCUT2D eigenvalue weighted by molar-refractivity contribution is -0.142. The Morgan fingerprint density at radius 1 is 0.976 bits per heavy atom. The third-order valence-corrected chi connectivity index (χ3v) is 8.94. The number of hydrogen-bond acceptors (Lipinski definition) is 5. The molecule has 2 aliphatic heterocycles. The lowest BCUT2D eigenvalue weighted by atomic mass is 9.96. The highest BCUT2D eigenvalue weighted by Crippen LogP contribution is 2.38. The van der Waals surface area contributed by atoms with Crippen LogP contribution < -0.4 is 10.2 Å². The number of alkyl halides is 3. The fraction of sp³-hybridized carbons (Fsp3) is 0.697. The fourth-order valence-electron chi connectivity index (χ4n) is 6.25. The largest absolute Gasteiger partial charge is 0.481 e. The molecule has 0 radical (unpaired) electrons. The number of hydrogen-bond donors (Lipinski definition) is 2. The number of carbonyl (C=O) groups is 1. The molecule has 6 nitrogen and oxygen atoms in total. The van der Waals surface area contributed by atoms with E-state index in [2.05, 4.69) is 22.1 Å². The molecule has 5 rings (SSSR count). The Bertz CT molecular complexity index is 1120. The number of likely N-dealkylation sites (tertiary alicyclic amines) is 1. The lowest BCUT2D eigenvalue weighted by Gasteiger charge is -2.33. The predicted molar refractivity (Wildman–Crippen MR) is 163 cm³/mol. The van der Waals surface area contributed by atoms with Gasteiger partial charge in [0.25, 0.3) is 0 Å². The SMILES string of the molecule is CCCCCCCCCN[C@H]1CCN(CC2CC2)C1.O=C(O)C1CCN(c2ccc(C(F)(F)F)c3ncccc23)CC1. The number of anilines is 1. The van der Waals surface area contributed by atoms with Gasteiger partial charge in [0.05, 0.1) is 17.0 Å². The number of nitrogens with one attached hydrogen (secondary N) is 1. The summed E-state index contributed by atoms with van der Waals surface area (Å²) in [7, 11) is 0. The minimum absolute atomic E-state index is 0.0714. The van der Waals surface area contributed by atoms with Gasteiger partial charge >= 0.3 is 12.1 Å². The smallest absolute Gasteiger partial charge is 0.418 e. The molecule has 234 valence electrons. The number of carboxylic acid groups (broad SMARTS) is 1. The maximum Gasteiger partial charge on any atom is 0.418 e. The van der Waals surface area contributed by atoms with Gasteiger partial charge in [0.1, 0.15) is 0 Å². The van der Waals surface area contributed by atoms with Crippen molar-refractivity contribution in [1.29, 1.82) is 0 Å². The van der Waals surface area contributed by atoms with E-state index in [9.17, 15) is 18.0 Å². The zero-order chi connectivity index (χ0) is 30.0. The summed E-state index contributed by atoms with van der Waals surface area (Å²) in [6, 6.07) is 6.52. The summed E-state index contributed by atoms with van der Waals surface area (Å²) < 4.78 is 39.3. The van der Waals surface area contributed by atoms with Gasteiger partial charge < -0.3 is 20.2 Å². The van der Waals surface area contributed by atoms with E-state index in [1.165, 1.54) is 103 Å². The molecule has 0 unspecified atom stereocenters. The number of aliphatic carboxylic acids is 1. The molecule has 3 fully saturated rings. The van der Waals surface area contributed by atoms with Crippen LogP contribution in [0.4, 0.5) is 18.9 Å². The van der Waals surface area contributed by atoms with Crippen LogP contribution in [0.1, 0.15) is 89.5 Å². The first kappa shape index (κ1) is 32.5. The standard InChI is InChI=1S/C17H34N2.C16H15F3N2O2/c1-2-3-4-5-6-7-8-12-18-17-11-13-19(15-17)14-16-9-10-16;17-16(18,19)12-3-4-13(11-2-1-7-20-14(11)12)21-8-5-10(6-9-21)15(22)23/h16-18H,2-15H2,1H3;1-4,7,10H,5-6,8-9H2,(H,22,23)/t17-;/m0./s1. The van der Waals surface area contributed by atoms with Crippen molar-refractivity contribution in [3.05, 3.63) is 36.0 Å². The second-order valence-corrected chi connectivity index (χ2v) is 12.4. The number of piperidine rings is 1. The van der Waals surface area contributed by atoms with Crippen molar-refractivity contribution in [2.45, 2.75) is 96.2 Å². The molecule has 3 aliphatic rings. The number of unbranched alkanes of at least 4 members (excludes halogenated alkanes) is 6. The first-order valence-corrected chi connectivity index (χ1v) is 16.1. The van der Waals surface area contributed by atoms with Crippen LogP contribution in [0.5, 0.6) is 0 Å². The van der Waals surface area contributed by atoms with Crippen LogP contribution in [-0.4, -0.2) is 66.3 Å². The molecule has 2 saturated heterocycles. The van der Waals surface area contributed by atoms with Crippen molar-refractivity contribution in [2.75, 3.05) is 44.2 Å². The lowest BCUT2D eigenvalue weighted by Crippen LogP contribution is -2.36. The Morgan fingerprint density at radius 3 is 2.36 bits per heavy atom. The van der Waals surface area contributed by atoms with E-state index in [4.69, 9.17) is 5.11 Å². The van der Waals surface area contributed by atoms with Crippen LogP contribution >= 0.6 is 0 Å². The molecule has 1 aliphatic carbocycles. The summed E-state index contributed by atoms with van der Waals surface area (Å²) in [5.41, 5.74) is -0.153. The number of pyridine rings is 1. The highest BCUT2D eigenvalue weighted by atomic mass is 19.4. The summed E-state index contributed by atoms with van der Waals surface area (Å²) >= 11 is 0. The average Bonchev–Trinajstić information content (AvgIpc) is 3.69. The summed E-state index contributed by atoms with van der Waals surface area (Å²) in [6.07, 6.45) is 12.2. The molecule has 0 bridgehead atoms. The average molecular weight is 591 g/mol. The van der Waals surface area contributed by atoms with Crippen LogP contribution in [0.2, 0.25) is 0 Å². The van der Waals surface area contributed by atoms with Crippen LogP contribution in [-0.2, 0) is 11.0 Å². The molecule has 0 amide bonds. The molecule has 3 heterocycles. The Labute approximate surface area is 249 Å². The summed E-state index contributed by atoms with van der Waals surface area (Å²) in [6.45, 7) is 8.58. The quantitative estimate of drug-likeness (QED) is 0.238. The monoisotopic (exact) mass is 590 g/mol. The van der Waals surface area contributed by atoms with Gasteiger partial charge in [-0.05, 0) is 81.8 Å². The molecular formula is C33H49F3N4O2. The van der Waals surface area contributed by atoms with E-state index in [0.29, 0.717) is 37.0 Å². The van der Waals surface area contributed by atoms with E-state index in [1.54, 1.807) is 12.1 Å². The van der Waals surface area contributed by atoms with Gasteiger partial charge in [0.2, 0.25) is 0 Å². The summed E-state index contributed by atoms with van der Waals surface area (Å²) in [5.74, 6) is -0.143. The Balaban J connectivity index is 0.000000197. The zero-order valence-electron chi connectivity index (χ0n) is 25.2. The van der Waals surface area contributed by atoms with Gasteiger partial charge in [-0.1, -0.05) is 45.4 Å². The maximum atomic E-state index is 13.1. The minimum atomic E-state index is -4.46. The van der Waals surface area contributed by atoms with E-state index in [0.717, 1.165) is 18.0 Å². The van der Waals surface area contributed by atoms with Crippen molar-refractivity contribution >= 4 is 22.6 Å². The minimum Gasteiger partial charge on any atom is -0.481 e. The summed E-state index contributed by atoms with van der Waals surface area (Å²) in [4.78, 5) is 19.5. The highest BCUT2D eigenvalue weighted by molar-refractivity contribution is 5.94. The number of halogens is 3. The first-order chi connectivity index (χ1) is 20.3. The van der Waals surface area contributed by atoms with Gasteiger partial charge in [0, 0.05) is 49.5 Å². The molecule has 1 atom stereocenters. The Hall–Kier alpha value is -2.39. The van der Waals surface area contributed by atoms with Crippen molar-refractivity contribution in [2.24, 2.45) is 11.8 Å². The van der Waals surface area contributed by atoms with Crippen LogP contribution in [0.3, 0.4) is 0 Å². The highest BCUT2D eigenvalue weighted by Gasteiger charge is 2.34. The number of carboxylic acids is 1. The van der Waals surface area contributed by atoms with Crippen molar-refractivity contribution < 1.29 is 23.1 Å². The van der Waals surface area contributed by atoms with Gasteiger partial charge in [0.15, 0.2) is 0 Å². The molecule has 2 aromatic rings. The number of rotatable bonds is 13. The van der Waals surface area contributed by atoms with E-state index in [-0.39, 0.29) is 11.4 Å². The number of fused-ring (bicyclic) bond motifs is 1. The van der Waals surface area contributed by atoms with Gasteiger partial charge in [-0.25, -0.2) is 0 Å². The van der Waals surface area contributed by atoms with Crippen molar-refractivity contribution in [3.8, 4) is 0 Å². The normalized spacial score (nSPS) is 20.1. The Kier molecular flexibility index (Phi) is 12.3. The van der Waals surface area contributed by atoms with Gasteiger partial charge in [-0.3, -0.25) is 9.78 Å². The second-order valence-electron chi connectivity index (χ2n) is 12.4. The fourth-order valence-corrected chi connectivity index (χ4v) is 6.25. The molecular weight excluding hydrogens is 541 g/mol. The van der Waals surface area contributed by atoms with E-state index in [1.807, 2.05) is 4.90 Å². The second kappa shape index (κ2) is 15.9. The molecule has 42 heavy (non-hydrogen) atoms. The predicted octanol–water partition coefficient (Wildman–Crippen LogP) is 7.37. The van der Waals surface area contributed by atoms with Crippen LogP contribution in [0, 0.1) is 11.8 Å². The first-order valence-electron chi connectivity index (χ1n) is 16.1. The van der Waals surface area contributed by atoms with E-state index >= 15 is 0 Å². The molecule has 1 aromatic heterocycles. The molecule has 0 spiro atoms. The Morgan fingerprint density at radius 2 is 1.69 bits per heavy atom. The molecule has 1 aromatic carbocycles. The molecule has 2 N–H and O–H groups in total. The number of benzene rings is 1. The van der Waals surface area contributed by atoms with Gasteiger partial charge in [-0.15, -0.1) is 0 Å². The summed E-state index contributed by atoms with van der Waals surface area (Å²) in [5, 5.41) is 13.2. The van der Waals surface area contributed by atoms with Crippen molar-refractivity contribution in [1.82, 2.24) is 15.2 Å². The topological polar surface area (TPSA) is 68.7 Å². The van der Waals surface area contributed by atoms with Crippen molar-refractivity contribution in [3.63, 3.8) is 0 Å². The van der Waals surface area contributed by atoms with Gasteiger partial charge in [-0.2, -0.15) is 13.2 Å². The zero-order valence-corrected chi connectivity index (χ0v) is 25.2. The number of aromatic nitrogens is 1. The third-order valence-electron chi connectivity index (χ3n) is 8.94.